The Morgan fingerprint density at radius 2 is 1.48 bits per heavy atom. The highest BCUT2D eigenvalue weighted by Crippen LogP contribution is 2.45. The van der Waals surface area contributed by atoms with E-state index in [1.165, 1.54) is 0 Å². The van der Waals surface area contributed by atoms with Gasteiger partial charge in [0.05, 0.1) is 0 Å². The van der Waals surface area contributed by atoms with E-state index in [-0.39, 0.29) is 11.4 Å². The van der Waals surface area contributed by atoms with Gasteiger partial charge in [0.15, 0.2) is 23.0 Å². The van der Waals surface area contributed by atoms with Gasteiger partial charge < -0.3 is 14.8 Å². The molecule has 2 aromatic rings. The van der Waals surface area contributed by atoms with Crippen LogP contribution in [0.5, 0.6) is 23.0 Å². The zero-order valence-electron chi connectivity index (χ0n) is 12.3. The number of amides is 1. The van der Waals surface area contributed by atoms with E-state index in [9.17, 15) is 4.79 Å². The maximum atomic E-state index is 12.2. The van der Waals surface area contributed by atoms with Gasteiger partial charge in [-0.15, -0.1) is 0 Å². The first-order valence-electron chi connectivity index (χ1n) is 6.84. The molecule has 1 N–H and O–H groups in total. The molecule has 4 heteroatoms. The van der Waals surface area contributed by atoms with Gasteiger partial charge in [0.1, 0.15) is 0 Å². The molecule has 2 aromatic carbocycles. The van der Waals surface area contributed by atoms with Crippen LogP contribution >= 0.6 is 0 Å². The second-order valence-corrected chi connectivity index (χ2v) is 6.02. The van der Waals surface area contributed by atoms with E-state index >= 15 is 0 Å². The summed E-state index contributed by atoms with van der Waals surface area (Å²) in [6.07, 6.45) is 0. The highest BCUT2D eigenvalue weighted by Gasteiger charge is 2.21. The van der Waals surface area contributed by atoms with Gasteiger partial charge in [-0.05, 0) is 51.1 Å². The van der Waals surface area contributed by atoms with Crippen LogP contribution in [0.2, 0.25) is 0 Å². The standard InChI is InChI=1S/C17H17NO3/c1-17(2,3)18-16(19)11-8-9-14-15(10-11)21-13-7-5-4-6-12(13)20-14/h4-10H,1-3H3,(H,18,19). The van der Waals surface area contributed by atoms with Crippen LogP contribution in [0.25, 0.3) is 0 Å². The first kappa shape index (κ1) is 13.5. The Hall–Kier alpha value is -2.49. The van der Waals surface area contributed by atoms with E-state index < -0.39 is 0 Å². The molecule has 1 aliphatic rings. The Labute approximate surface area is 123 Å². The molecule has 3 rings (SSSR count). The zero-order valence-corrected chi connectivity index (χ0v) is 12.3. The van der Waals surface area contributed by atoms with Gasteiger partial charge in [0.2, 0.25) is 0 Å². The maximum absolute atomic E-state index is 12.2. The predicted octanol–water partition coefficient (Wildman–Crippen LogP) is 4.11. The third-order valence-corrected chi connectivity index (χ3v) is 2.98. The van der Waals surface area contributed by atoms with Gasteiger partial charge in [-0.1, -0.05) is 12.1 Å². The normalized spacial score (nSPS) is 12.5. The third kappa shape index (κ3) is 2.84. The Balaban J connectivity index is 1.88. The van der Waals surface area contributed by atoms with E-state index in [0.717, 1.165) is 0 Å². The quantitative estimate of drug-likeness (QED) is 0.731. The summed E-state index contributed by atoms with van der Waals surface area (Å²) in [5.74, 6) is 2.36. The lowest BCUT2D eigenvalue weighted by Crippen LogP contribution is -2.40. The molecule has 0 unspecified atom stereocenters. The molecule has 0 fully saturated rings. The van der Waals surface area contributed by atoms with Crippen molar-refractivity contribution >= 4 is 5.91 Å². The van der Waals surface area contributed by atoms with E-state index in [1.54, 1.807) is 18.2 Å². The molecule has 4 nitrogen and oxygen atoms in total. The van der Waals surface area contributed by atoms with E-state index in [0.29, 0.717) is 28.6 Å². The van der Waals surface area contributed by atoms with Crippen molar-refractivity contribution in [2.75, 3.05) is 0 Å². The average Bonchev–Trinajstić information content (AvgIpc) is 2.42. The van der Waals surface area contributed by atoms with Crippen molar-refractivity contribution in [2.24, 2.45) is 0 Å². The highest BCUT2D eigenvalue weighted by molar-refractivity contribution is 5.95. The fourth-order valence-electron chi connectivity index (χ4n) is 2.08. The summed E-state index contributed by atoms with van der Waals surface area (Å²) in [4.78, 5) is 12.2. The summed E-state index contributed by atoms with van der Waals surface area (Å²) in [5.41, 5.74) is 0.267. The van der Waals surface area contributed by atoms with E-state index in [2.05, 4.69) is 5.32 Å². The minimum Gasteiger partial charge on any atom is -0.450 e. The molecule has 1 aliphatic heterocycles. The van der Waals surface area contributed by atoms with Crippen molar-refractivity contribution in [3.63, 3.8) is 0 Å². The van der Waals surface area contributed by atoms with Gasteiger partial charge in [-0.3, -0.25) is 4.79 Å². The first-order valence-corrected chi connectivity index (χ1v) is 6.84. The van der Waals surface area contributed by atoms with Crippen LogP contribution in [0.15, 0.2) is 42.5 Å². The molecule has 0 bridgehead atoms. The van der Waals surface area contributed by atoms with Crippen LogP contribution in [0.1, 0.15) is 31.1 Å². The minimum atomic E-state index is -0.281. The molecule has 1 amide bonds. The number of para-hydroxylation sites is 2. The van der Waals surface area contributed by atoms with Gasteiger partial charge in [-0.2, -0.15) is 0 Å². The summed E-state index contributed by atoms with van der Waals surface area (Å²) < 4.78 is 11.5. The van der Waals surface area contributed by atoms with Crippen molar-refractivity contribution in [3.8, 4) is 23.0 Å². The topological polar surface area (TPSA) is 47.6 Å². The molecule has 0 saturated carbocycles. The van der Waals surface area contributed by atoms with Crippen molar-refractivity contribution < 1.29 is 14.3 Å². The molecule has 108 valence electrons. The summed E-state index contributed by atoms with van der Waals surface area (Å²) >= 11 is 0. The summed E-state index contributed by atoms with van der Waals surface area (Å²) in [6.45, 7) is 5.83. The fourth-order valence-corrected chi connectivity index (χ4v) is 2.08. The summed E-state index contributed by atoms with van der Waals surface area (Å²) in [6, 6.07) is 12.6. The van der Waals surface area contributed by atoms with Crippen LogP contribution in [-0.2, 0) is 0 Å². The number of rotatable bonds is 1. The lowest BCUT2D eigenvalue weighted by molar-refractivity contribution is 0.0919. The predicted molar refractivity (Wildman–Crippen MR) is 80.3 cm³/mol. The number of carbonyl (C=O) groups excluding carboxylic acids is 1. The maximum Gasteiger partial charge on any atom is 0.251 e. The van der Waals surface area contributed by atoms with Crippen LogP contribution in [-0.4, -0.2) is 11.4 Å². The second-order valence-electron chi connectivity index (χ2n) is 6.02. The smallest absolute Gasteiger partial charge is 0.251 e. The van der Waals surface area contributed by atoms with E-state index in [4.69, 9.17) is 9.47 Å². The number of ether oxygens (including phenoxy) is 2. The number of hydrogen-bond acceptors (Lipinski definition) is 3. The van der Waals surface area contributed by atoms with Crippen LogP contribution < -0.4 is 14.8 Å². The van der Waals surface area contributed by atoms with E-state index in [1.807, 2.05) is 45.0 Å². The zero-order chi connectivity index (χ0) is 15.0. The molecule has 1 heterocycles. The summed E-state index contributed by atoms with van der Waals surface area (Å²) in [7, 11) is 0. The highest BCUT2D eigenvalue weighted by atomic mass is 16.6. The first-order chi connectivity index (χ1) is 9.92. The molecular formula is C17H17NO3. The monoisotopic (exact) mass is 283 g/mol. The van der Waals surface area contributed by atoms with Crippen molar-refractivity contribution in [1.82, 2.24) is 5.32 Å². The molecule has 0 radical (unpaired) electrons. The average molecular weight is 283 g/mol. The molecule has 0 atom stereocenters. The van der Waals surface area contributed by atoms with Gasteiger partial charge >= 0.3 is 0 Å². The minimum absolute atomic E-state index is 0.132. The SMILES string of the molecule is CC(C)(C)NC(=O)c1ccc2c(c1)Oc1ccccc1O2. The molecule has 0 spiro atoms. The van der Waals surface area contributed by atoms with Gasteiger partial charge in [0.25, 0.3) is 5.91 Å². The molecular weight excluding hydrogens is 266 g/mol. The van der Waals surface area contributed by atoms with Crippen LogP contribution in [0.4, 0.5) is 0 Å². The summed E-state index contributed by atoms with van der Waals surface area (Å²) in [5, 5.41) is 2.93. The van der Waals surface area contributed by atoms with Gasteiger partial charge in [0, 0.05) is 11.1 Å². The molecule has 0 aromatic heterocycles. The Morgan fingerprint density at radius 1 is 0.905 bits per heavy atom. The Bertz CT molecular complexity index is 701. The second kappa shape index (κ2) is 4.81. The lowest BCUT2D eigenvalue weighted by atomic mass is 10.1. The number of carbonyl (C=O) groups is 1. The van der Waals surface area contributed by atoms with Crippen LogP contribution in [0.3, 0.4) is 0 Å². The number of benzene rings is 2. The largest absolute Gasteiger partial charge is 0.450 e. The lowest BCUT2D eigenvalue weighted by Gasteiger charge is -2.23. The van der Waals surface area contributed by atoms with Crippen LogP contribution in [0, 0.1) is 0 Å². The Kier molecular flexibility index (Phi) is 3.09. The Morgan fingerprint density at radius 3 is 2.10 bits per heavy atom. The van der Waals surface area contributed by atoms with Crippen molar-refractivity contribution in [3.05, 3.63) is 48.0 Å². The molecule has 21 heavy (non-hydrogen) atoms. The van der Waals surface area contributed by atoms with Gasteiger partial charge in [-0.25, -0.2) is 0 Å². The number of nitrogens with one attached hydrogen (secondary N) is 1. The van der Waals surface area contributed by atoms with Crippen molar-refractivity contribution in [2.45, 2.75) is 26.3 Å². The third-order valence-electron chi connectivity index (χ3n) is 2.98. The number of hydrogen-bond donors (Lipinski definition) is 1. The molecule has 0 saturated heterocycles. The fraction of sp³-hybridized carbons (Fsp3) is 0.235. The number of fused-ring (bicyclic) bond motifs is 2. The van der Waals surface area contributed by atoms with Crippen molar-refractivity contribution in [1.29, 1.82) is 0 Å². The molecule has 0 aliphatic carbocycles.